The van der Waals surface area contributed by atoms with Gasteiger partial charge in [0.15, 0.2) is 0 Å². The molecule has 0 fully saturated rings. The second-order valence-corrected chi connectivity index (χ2v) is 3.99. The van der Waals surface area contributed by atoms with E-state index < -0.39 is 12.0 Å². The van der Waals surface area contributed by atoms with Crippen molar-refractivity contribution in [2.45, 2.75) is 19.5 Å². The fourth-order valence-electron chi connectivity index (χ4n) is 1.64. The van der Waals surface area contributed by atoms with Crippen LogP contribution in [-0.4, -0.2) is 32.8 Å². The number of para-hydroxylation sites is 1. The molecule has 2 aromatic rings. The zero-order valence-electron chi connectivity index (χ0n) is 9.83. The highest BCUT2D eigenvalue weighted by molar-refractivity contribution is 5.85. The smallest absolute Gasteiger partial charge is 0.325 e. The van der Waals surface area contributed by atoms with Gasteiger partial charge in [0.25, 0.3) is 0 Å². The van der Waals surface area contributed by atoms with Crippen LogP contribution >= 0.6 is 0 Å². The third kappa shape index (κ3) is 2.48. The lowest BCUT2D eigenvalue weighted by Crippen LogP contribution is -2.40. The maximum atomic E-state index is 11.6. The molecule has 1 amide bonds. The van der Waals surface area contributed by atoms with Crippen LogP contribution in [0.15, 0.2) is 30.5 Å². The molecule has 1 heterocycles. The molecule has 0 radical (unpaired) electrons. The van der Waals surface area contributed by atoms with Crippen molar-refractivity contribution in [1.29, 1.82) is 0 Å². The number of fused-ring (bicyclic) bond motifs is 1. The van der Waals surface area contributed by atoms with E-state index in [-0.39, 0.29) is 12.5 Å². The Hall–Kier alpha value is -2.37. The minimum atomic E-state index is -1.06. The van der Waals surface area contributed by atoms with E-state index in [2.05, 4.69) is 10.4 Å². The first kappa shape index (κ1) is 12.1. The Bertz CT molecular complexity index is 591. The lowest BCUT2D eigenvalue weighted by atomic mass is 10.2. The molecule has 6 heteroatoms. The molecule has 0 saturated carbocycles. The minimum Gasteiger partial charge on any atom is -0.480 e. The average molecular weight is 247 g/mol. The lowest BCUT2D eigenvalue weighted by molar-refractivity contribution is -0.141. The summed E-state index contributed by atoms with van der Waals surface area (Å²) in [7, 11) is 0. The standard InChI is InChI=1S/C12H13N3O3/c1-8(12(17)18)14-11(16)7-15-10-5-3-2-4-9(10)6-13-15/h2-6,8H,7H2,1H3,(H,14,16)(H,17,18)/t8-/m0/s1. The normalized spacial score (nSPS) is 12.3. The number of benzene rings is 1. The van der Waals surface area contributed by atoms with Crippen molar-refractivity contribution < 1.29 is 14.7 Å². The molecule has 1 aromatic carbocycles. The Morgan fingerprint density at radius 2 is 2.17 bits per heavy atom. The first-order valence-corrected chi connectivity index (χ1v) is 5.50. The second-order valence-electron chi connectivity index (χ2n) is 3.99. The molecule has 0 saturated heterocycles. The highest BCUT2D eigenvalue weighted by atomic mass is 16.4. The van der Waals surface area contributed by atoms with Crippen LogP contribution in [-0.2, 0) is 16.1 Å². The molecule has 0 aliphatic heterocycles. The highest BCUT2D eigenvalue weighted by Crippen LogP contribution is 2.12. The number of hydrogen-bond acceptors (Lipinski definition) is 3. The first-order chi connectivity index (χ1) is 8.58. The number of rotatable bonds is 4. The molecule has 0 unspecified atom stereocenters. The molecule has 0 bridgehead atoms. The number of carbonyl (C=O) groups excluding carboxylic acids is 1. The summed E-state index contributed by atoms with van der Waals surface area (Å²) in [6.07, 6.45) is 1.67. The molecule has 94 valence electrons. The van der Waals surface area contributed by atoms with Crippen LogP contribution < -0.4 is 5.32 Å². The van der Waals surface area contributed by atoms with E-state index in [1.165, 1.54) is 6.92 Å². The Morgan fingerprint density at radius 1 is 1.44 bits per heavy atom. The summed E-state index contributed by atoms with van der Waals surface area (Å²) in [5.74, 6) is -1.44. The van der Waals surface area contributed by atoms with Crippen molar-refractivity contribution >= 4 is 22.8 Å². The largest absolute Gasteiger partial charge is 0.480 e. The maximum Gasteiger partial charge on any atom is 0.325 e. The third-order valence-corrected chi connectivity index (χ3v) is 2.59. The Kier molecular flexibility index (Phi) is 3.27. The van der Waals surface area contributed by atoms with Crippen LogP contribution in [0.3, 0.4) is 0 Å². The lowest BCUT2D eigenvalue weighted by Gasteiger charge is -2.09. The SMILES string of the molecule is C[C@H](NC(=O)Cn1ncc2ccccc21)C(=O)O. The van der Waals surface area contributed by atoms with Gasteiger partial charge in [-0.05, 0) is 13.0 Å². The number of carboxylic acid groups (broad SMARTS) is 1. The predicted octanol–water partition coefficient (Wildman–Crippen LogP) is 0.626. The number of carbonyl (C=O) groups is 2. The average Bonchev–Trinajstić information content (AvgIpc) is 2.72. The van der Waals surface area contributed by atoms with E-state index in [0.29, 0.717) is 0 Å². The van der Waals surface area contributed by atoms with Gasteiger partial charge in [0.1, 0.15) is 12.6 Å². The van der Waals surface area contributed by atoms with Crippen molar-refractivity contribution in [3.05, 3.63) is 30.5 Å². The zero-order valence-corrected chi connectivity index (χ0v) is 9.83. The van der Waals surface area contributed by atoms with Crippen LogP contribution in [0.4, 0.5) is 0 Å². The van der Waals surface area contributed by atoms with E-state index in [4.69, 9.17) is 5.11 Å². The first-order valence-electron chi connectivity index (χ1n) is 5.50. The van der Waals surface area contributed by atoms with Gasteiger partial charge in [-0.2, -0.15) is 5.10 Å². The van der Waals surface area contributed by atoms with E-state index in [1.807, 2.05) is 24.3 Å². The highest BCUT2D eigenvalue weighted by Gasteiger charge is 2.14. The van der Waals surface area contributed by atoms with Crippen LogP contribution in [0.2, 0.25) is 0 Å². The summed E-state index contributed by atoms with van der Waals surface area (Å²) in [6, 6.07) is 6.60. The summed E-state index contributed by atoms with van der Waals surface area (Å²) in [6.45, 7) is 1.42. The minimum absolute atomic E-state index is 0.00509. The monoisotopic (exact) mass is 247 g/mol. The Labute approximate surface area is 103 Å². The van der Waals surface area contributed by atoms with Crippen molar-refractivity contribution in [3.63, 3.8) is 0 Å². The summed E-state index contributed by atoms with van der Waals surface area (Å²) in [5.41, 5.74) is 0.843. The van der Waals surface area contributed by atoms with Crippen molar-refractivity contribution in [1.82, 2.24) is 15.1 Å². The van der Waals surface area contributed by atoms with Gasteiger partial charge in [0.2, 0.25) is 5.91 Å². The quantitative estimate of drug-likeness (QED) is 0.829. The van der Waals surface area contributed by atoms with Gasteiger partial charge >= 0.3 is 5.97 Å². The molecular formula is C12H13N3O3. The van der Waals surface area contributed by atoms with Gasteiger partial charge in [0, 0.05) is 5.39 Å². The molecule has 6 nitrogen and oxygen atoms in total. The van der Waals surface area contributed by atoms with Crippen molar-refractivity contribution in [2.75, 3.05) is 0 Å². The number of aromatic nitrogens is 2. The van der Waals surface area contributed by atoms with Gasteiger partial charge in [-0.15, -0.1) is 0 Å². The number of nitrogens with zero attached hydrogens (tertiary/aromatic N) is 2. The molecule has 0 aliphatic carbocycles. The number of carboxylic acids is 1. The summed E-state index contributed by atoms with van der Waals surface area (Å²) in [4.78, 5) is 22.2. The zero-order chi connectivity index (χ0) is 13.1. The molecule has 0 spiro atoms. The fraction of sp³-hybridized carbons (Fsp3) is 0.250. The Morgan fingerprint density at radius 3 is 2.89 bits per heavy atom. The molecular weight excluding hydrogens is 234 g/mol. The summed E-state index contributed by atoms with van der Waals surface area (Å²) < 4.78 is 1.54. The van der Waals surface area contributed by atoms with E-state index in [1.54, 1.807) is 10.9 Å². The van der Waals surface area contributed by atoms with Crippen LogP contribution in [0, 0.1) is 0 Å². The number of hydrogen-bond donors (Lipinski definition) is 2. The maximum absolute atomic E-state index is 11.6. The van der Waals surface area contributed by atoms with Gasteiger partial charge in [-0.3, -0.25) is 14.3 Å². The van der Waals surface area contributed by atoms with E-state index in [9.17, 15) is 9.59 Å². The third-order valence-electron chi connectivity index (χ3n) is 2.59. The molecule has 1 aromatic heterocycles. The molecule has 18 heavy (non-hydrogen) atoms. The second kappa shape index (κ2) is 4.87. The van der Waals surface area contributed by atoms with Gasteiger partial charge in [-0.1, -0.05) is 18.2 Å². The van der Waals surface area contributed by atoms with Crippen molar-refractivity contribution in [2.24, 2.45) is 0 Å². The predicted molar refractivity (Wildman–Crippen MR) is 65.0 cm³/mol. The summed E-state index contributed by atoms with van der Waals surface area (Å²) >= 11 is 0. The molecule has 0 aliphatic rings. The van der Waals surface area contributed by atoms with Crippen molar-refractivity contribution in [3.8, 4) is 0 Å². The van der Waals surface area contributed by atoms with E-state index >= 15 is 0 Å². The fourth-order valence-corrected chi connectivity index (χ4v) is 1.64. The van der Waals surface area contributed by atoms with Gasteiger partial charge < -0.3 is 10.4 Å². The van der Waals surface area contributed by atoms with Crippen LogP contribution in [0.1, 0.15) is 6.92 Å². The van der Waals surface area contributed by atoms with Crippen LogP contribution in [0.25, 0.3) is 10.9 Å². The Balaban J connectivity index is 2.10. The van der Waals surface area contributed by atoms with E-state index in [0.717, 1.165) is 10.9 Å². The molecule has 2 N–H and O–H groups in total. The van der Waals surface area contributed by atoms with Gasteiger partial charge in [0.05, 0.1) is 11.7 Å². The van der Waals surface area contributed by atoms with Gasteiger partial charge in [-0.25, -0.2) is 0 Å². The molecule has 2 rings (SSSR count). The molecule has 1 atom stereocenters. The number of aliphatic carboxylic acids is 1. The number of amides is 1. The van der Waals surface area contributed by atoms with Crippen LogP contribution in [0.5, 0.6) is 0 Å². The summed E-state index contributed by atoms with van der Waals surface area (Å²) in [5, 5.41) is 16.1. The topological polar surface area (TPSA) is 84.2 Å². The number of nitrogens with one attached hydrogen (secondary N) is 1.